The van der Waals surface area contributed by atoms with Crippen LogP contribution in [0.1, 0.15) is 94.5 Å². The molecule has 61 heavy (non-hydrogen) atoms. The van der Waals surface area contributed by atoms with Crippen LogP contribution in [0.4, 0.5) is 31.9 Å². The lowest BCUT2D eigenvalue weighted by Gasteiger charge is -2.43. The number of halogens is 2. The monoisotopic (exact) mass is 836 g/mol. The number of hydrogen-bond donors (Lipinski definition) is 2. The first kappa shape index (κ1) is 40.2. The number of nitrogens with zero attached hydrogens (tertiary/aromatic N) is 8. The summed E-state index contributed by atoms with van der Waals surface area (Å²) in [5.41, 5.74) is 2.39. The summed E-state index contributed by atoms with van der Waals surface area (Å²) in [6, 6.07) is 7.08. The molecule has 2 atom stereocenters. The van der Waals surface area contributed by atoms with Crippen LogP contribution in [0.3, 0.4) is 0 Å². The second-order valence-corrected chi connectivity index (χ2v) is 16.8. The van der Waals surface area contributed by atoms with Crippen molar-refractivity contribution in [2.75, 3.05) is 60.9 Å². The predicted octanol–water partition coefficient (Wildman–Crippen LogP) is 4.24. The van der Waals surface area contributed by atoms with Gasteiger partial charge in [0, 0.05) is 74.9 Å². The lowest BCUT2D eigenvalue weighted by atomic mass is 9.91. The van der Waals surface area contributed by atoms with Crippen molar-refractivity contribution in [3.8, 4) is 0 Å². The van der Waals surface area contributed by atoms with E-state index in [0.717, 1.165) is 36.3 Å². The molecular formula is C43H46F2N10O6. The van der Waals surface area contributed by atoms with Gasteiger partial charge in [0.2, 0.25) is 17.8 Å². The van der Waals surface area contributed by atoms with Gasteiger partial charge in [-0.15, -0.1) is 0 Å². The van der Waals surface area contributed by atoms with Crippen LogP contribution in [0.5, 0.6) is 0 Å². The van der Waals surface area contributed by atoms with Gasteiger partial charge in [0.1, 0.15) is 17.5 Å². The van der Waals surface area contributed by atoms with Crippen LogP contribution in [0.25, 0.3) is 11.0 Å². The minimum atomic E-state index is -3.02. The number of ketones is 1. The molecule has 4 amide bonds. The molecule has 0 bridgehead atoms. The number of alkyl halides is 2. The quantitative estimate of drug-likeness (QED) is 0.181. The average molecular weight is 837 g/mol. The zero-order chi connectivity index (χ0) is 42.7. The van der Waals surface area contributed by atoms with Crippen molar-refractivity contribution in [2.45, 2.75) is 76.8 Å². The van der Waals surface area contributed by atoms with Gasteiger partial charge in [0.05, 0.1) is 35.1 Å². The molecular weight excluding hydrogens is 791 g/mol. The number of aryl methyl sites for hydroxylation is 1. The summed E-state index contributed by atoms with van der Waals surface area (Å²) < 4.78 is 33.3. The Bertz CT molecular complexity index is 2530. The van der Waals surface area contributed by atoms with Gasteiger partial charge in [-0.1, -0.05) is 12.8 Å². The summed E-state index contributed by atoms with van der Waals surface area (Å²) in [5, 5.41) is 5.99. The number of carbonyl (C=O) groups is 5. The number of nitrogens with one attached hydrogen (secondary N) is 2. The number of piperazine rings is 1. The summed E-state index contributed by atoms with van der Waals surface area (Å²) in [4.78, 5) is 97.0. The highest BCUT2D eigenvalue weighted by atomic mass is 19.3. The van der Waals surface area contributed by atoms with Gasteiger partial charge in [-0.3, -0.25) is 48.5 Å². The summed E-state index contributed by atoms with van der Waals surface area (Å²) in [6.45, 7) is 5.67. The predicted molar refractivity (Wildman–Crippen MR) is 221 cm³/mol. The molecule has 3 saturated heterocycles. The topological polar surface area (TPSA) is 183 Å². The zero-order valence-corrected chi connectivity index (χ0v) is 34.0. The number of aromatic nitrogens is 4. The zero-order valence-electron chi connectivity index (χ0n) is 34.0. The minimum Gasteiger partial charge on any atom is -0.368 e. The van der Waals surface area contributed by atoms with Crippen molar-refractivity contribution in [1.82, 2.24) is 34.6 Å². The van der Waals surface area contributed by atoms with Gasteiger partial charge < -0.3 is 15.1 Å². The van der Waals surface area contributed by atoms with E-state index in [2.05, 4.69) is 30.4 Å². The Labute approximate surface area is 349 Å². The molecule has 1 aliphatic carbocycles. The molecule has 9 rings (SSSR count). The number of benzene rings is 1. The number of imide groups is 2. The molecule has 0 radical (unpaired) electrons. The fourth-order valence-corrected chi connectivity index (χ4v) is 9.66. The van der Waals surface area contributed by atoms with Crippen LogP contribution < -0.4 is 26.0 Å². The molecule has 16 nitrogen and oxygen atoms in total. The smallest absolute Gasteiger partial charge is 0.269 e. The molecule has 4 aromatic rings. The number of hydrogen-bond acceptors (Lipinski definition) is 13. The average Bonchev–Trinajstić information content (AvgIpc) is 3.85. The second kappa shape index (κ2) is 15.7. The number of piperidine rings is 2. The standard InChI is InChI=1S/C43H46F2N10O6/c1-24-32-21-47-42(50-37(32)54(27-5-3-4-6-27)41(61)36(24)25(2)56)48-34-11-8-29(20-46-34)52-17-15-51(16-18-52)22-26-13-14-53(23-43(26,44)45)28-7-9-30-31(19-28)40(60)55(39(30)59)33-10-12-35(57)49-38(33)58/h7-9,11,19-21,26-27,33H,3-6,10,12-18,22-23H2,1-2H3,(H,49,57,58)(H,46,47,48,50). The highest BCUT2D eigenvalue weighted by Crippen LogP contribution is 2.38. The molecule has 3 aromatic heterocycles. The molecule has 318 valence electrons. The molecule has 18 heteroatoms. The molecule has 2 N–H and O–H groups in total. The number of carbonyl (C=O) groups excluding carboxylic acids is 5. The molecule has 7 heterocycles. The van der Waals surface area contributed by atoms with E-state index >= 15 is 8.78 Å². The Morgan fingerprint density at radius 3 is 2.30 bits per heavy atom. The lowest BCUT2D eigenvalue weighted by Crippen LogP contribution is -2.55. The third-order valence-corrected chi connectivity index (χ3v) is 13.0. The molecule has 1 saturated carbocycles. The van der Waals surface area contributed by atoms with E-state index in [0.29, 0.717) is 60.8 Å². The van der Waals surface area contributed by atoms with Crippen molar-refractivity contribution < 1.29 is 32.8 Å². The van der Waals surface area contributed by atoms with Crippen LogP contribution in [0.2, 0.25) is 0 Å². The van der Waals surface area contributed by atoms with Gasteiger partial charge in [-0.2, -0.15) is 4.98 Å². The number of rotatable bonds is 9. The Kier molecular flexibility index (Phi) is 10.4. The Hall–Kier alpha value is -6.17. The number of pyridine rings is 2. The van der Waals surface area contributed by atoms with E-state index < -0.39 is 48.1 Å². The van der Waals surface area contributed by atoms with E-state index in [-0.39, 0.29) is 65.8 Å². The SMILES string of the molecule is CC(=O)c1c(C)c2cnc(Nc3ccc(N4CCN(CC5CCN(c6ccc7c(c6)C(=O)N(C6CCC(=O)NC6=O)C7=O)CC5(F)F)CC4)cn3)nc2n(C2CCCC2)c1=O. The van der Waals surface area contributed by atoms with Gasteiger partial charge in [0.15, 0.2) is 5.78 Å². The number of fused-ring (bicyclic) bond motifs is 2. The van der Waals surface area contributed by atoms with Crippen molar-refractivity contribution >= 4 is 63.6 Å². The Morgan fingerprint density at radius 1 is 0.869 bits per heavy atom. The van der Waals surface area contributed by atoms with Crippen molar-refractivity contribution in [2.24, 2.45) is 5.92 Å². The van der Waals surface area contributed by atoms with E-state index in [1.807, 2.05) is 12.1 Å². The normalized spacial score (nSPS) is 22.3. The molecule has 5 aliphatic rings. The van der Waals surface area contributed by atoms with Gasteiger partial charge in [0.25, 0.3) is 23.3 Å². The van der Waals surface area contributed by atoms with Gasteiger partial charge >= 0.3 is 0 Å². The van der Waals surface area contributed by atoms with Crippen LogP contribution in [-0.4, -0.2) is 117 Å². The third kappa shape index (κ3) is 7.40. The Morgan fingerprint density at radius 2 is 1.61 bits per heavy atom. The third-order valence-electron chi connectivity index (χ3n) is 13.0. The fourth-order valence-electron chi connectivity index (χ4n) is 9.66. The summed E-state index contributed by atoms with van der Waals surface area (Å²) >= 11 is 0. The fraction of sp³-hybridized carbons (Fsp3) is 0.465. The molecule has 4 fully saturated rings. The highest BCUT2D eigenvalue weighted by Gasteiger charge is 2.47. The van der Waals surface area contributed by atoms with E-state index in [4.69, 9.17) is 4.98 Å². The van der Waals surface area contributed by atoms with E-state index in [9.17, 15) is 28.8 Å². The van der Waals surface area contributed by atoms with E-state index in [1.165, 1.54) is 19.1 Å². The molecule has 0 spiro atoms. The maximum absolute atomic E-state index is 15.8. The first-order chi connectivity index (χ1) is 29.3. The van der Waals surface area contributed by atoms with Crippen molar-refractivity contribution in [1.29, 1.82) is 0 Å². The first-order valence-corrected chi connectivity index (χ1v) is 20.9. The summed E-state index contributed by atoms with van der Waals surface area (Å²) in [5.74, 6) is -5.86. The van der Waals surface area contributed by atoms with E-state index in [1.54, 1.807) is 34.9 Å². The maximum Gasteiger partial charge on any atom is 0.269 e. The minimum absolute atomic E-state index is 0.00322. The van der Waals surface area contributed by atoms with Crippen molar-refractivity contribution in [3.05, 3.63) is 75.3 Å². The highest BCUT2D eigenvalue weighted by molar-refractivity contribution is 6.23. The van der Waals surface area contributed by atoms with Crippen LogP contribution >= 0.6 is 0 Å². The van der Waals surface area contributed by atoms with Gasteiger partial charge in [-0.05, 0) is 75.4 Å². The largest absolute Gasteiger partial charge is 0.368 e. The summed E-state index contributed by atoms with van der Waals surface area (Å²) in [7, 11) is 0. The van der Waals surface area contributed by atoms with Crippen LogP contribution in [0, 0.1) is 12.8 Å². The van der Waals surface area contributed by atoms with Crippen LogP contribution in [-0.2, 0) is 9.59 Å². The maximum atomic E-state index is 15.8. The number of Topliss-reactive ketones (excluding diaryl/α,β-unsaturated/α-hetero) is 1. The molecule has 2 unspecified atom stereocenters. The lowest BCUT2D eigenvalue weighted by molar-refractivity contribution is -0.136. The second-order valence-electron chi connectivity index (χ2n) is 16.8. The van der Waals surface area contributed by atoms with Crippen molar-refractivity contribution in [3.63, 3.8) is 0 Å². The molecule has 1 aromatic carbocycles. The number of anilines is 4. The number of amides is 4. The van der Waals surface area contributed by atoms with Gasteiger partial charge in [-0.25, -0.2) is 18.7 Å². The Balaban J connectivity index is 0.800. The van der Waals surface area contributed by atoms with Crippen LogP contribution in [0.15, 0.2) is 47.5 Å². The first-order valence-electron chi connectivity index (χ1n) is 20.9. The molecule has 4 aliphatic heterocycles. The summed E-state index contributed by atoms with van der Waals surface area (Å²) in [6.07, 6.45) is 7.36.